The summed E-state index contributed by atoms with van der Waals surface area (Å²) < 4.78 is 0. The summed E-state index contributed by atoms with van der Waals surface area (Å²) in [6.07, 6.45) is -0.0634. The highest BCUT2D eigenvalue weighted by atomic mass is 16.4. The Labute approximate surface area is 222 Å². The first kappa shape index (κ1) is 32.4. The van der Waals surface area contributed by atoms with Crippen LogP contribution in [0.15, 0.2) is 24.3 Å². The zero-order chi connectivity index (χ0) is 29.0. The third kappa shape index (κ3) is 12.0. The van der Waals surface area contributed by atoms with E-state index in [-0.39, 0.29) is 49.7 Å². The van der Waals surface area contributed by atoms with Gasteiger partial charge in [0.15, 0.2) is 0 Å². The molecule has 0 saturated carbocycles. The summed E-state index contributed by atoms with van der Waals surface area (Å²) in [6, 6.07) is 1.40. The van der Waals surface area contributed by atoms with Crippen LogP contribution >= 0.6 is 0 Å². The molecule has 0 radical (unpaired) electrons. The van der Waals surface area contributed by atoms with E-state index in [1.807, 2.05) is 27.7 Å². The molecule has 0 aliphatic rings. The molecule has 12 heteroatoms. The molecule has 0 fully saturated rings. The summed E-state index contributed by atoms with van der Waals surface area (Å²) in [7, 11) is 0. The van der Waals surface area contributed by atoms with Crippen molar-refractivity contribution in [2.75, 3.05) is 0 Å². The van der Waals surface area contributed by atoms with Crippen LogP contribution in [0.3, 0.4) is 0 Å². The normalized spacial score (nSPS) is 14.3. The van der Waals surface area contributed by atoms with Crippen LogP contribution in [0, 0.1) is 11.8 Å². The molecule has 4 atom stereocenters. The maximum atomic E-state index is 13.3. The lowest BCUT2D eigenvalue weighted by Gasteiger charge is -2.26. The number of rotatable bonds is 16. The smallest absolute Gasteiger partial charge is 0.326 e. The third-order valence-electron chi connectivity index (χ3n) is 5.68. The molecule has 0 aliphatic heterocycles. The lowest BCUT2D eigenvalue weighted by Crippen LogP contribution is -2.58. The van der Waals surface area contributed by atoms with E-state index in [2.05, 4.69) is 16.0 Å². The van der Waals surface area contributed by atoms with Crippen LogP contribution in [-0.2, 0) is 30.4 Å². The Morgan fingerprint density at radius 1 is 0.763 bits per heavy atom. The van der Waals surface area contributed by atoms with E-state index in [0.717, 1.165) is 0 Å². The van der Waals surface area contributed by atoms with Crippen molar-refractivity contribution in [1.82, 2.24) is 16.0 Å². The van der Waals surface area contributed by atoms with Crippen molar-refractivity contribution < 1.29 is 39.3 Å². The Morgan fingerprint density at radius 3 is 1.74 bits per heavy atom. The van der Waals surface area contributed by atoms with Crippen LogP contribution < -0.4 is 21.7 Å². The van der Waals surface area contributed by atoms with Crippen LogP contribution in [0.5, 0.6) is 5.75 Å². The highest BCUT2D eigenvalue weighted by molar-refractivity contribution is 5.94. The van der Waals surface area contributed by atoms with Gasteiger partial charge < -0.3 is 37.0 Å². The fraction of sp³-hybridized carbons (Fsp3) is 0.577. The molecule has 0 heterocycles. The minimum absolute atomic E-state index is 0.00442. The van der Waals surface area contributed by atoms with Crippen LogP contribution in [0.4, 0.5) is 0 Å². The molecule has 0 aliphatic carbocycles. The molecule has 4 unspecified atom stereocenters. The number of carboxylic acid groups (broad SMARTS) is 2. The van der Waals surface area contributed by atoms with Gasteiger partial charge in [0, 0.05) is 12.8 Å². The number of nitrogens with two attached hydrogens (primary N) is 1. The van der Waals surface area contributed by atoms with E-state index in [9.17, 15) is 34.2 Å². The molecule has 0 aromatic heterocycles. The van der Waals surface area contributed by atoms with Gasteiger partial charge in [0.2, 0.25) is 17.7 Å². The van der Waals surface area contributed by atoms with Gasteiger partial charge >= 0.3 is 11.9 Å². The van der Waals surface area contributed by atoms with Crippen molar-refractivity contribution >= 4 is 29.7 Å². The third-order valence-corrected chi connectivity index (χ3v) is 5.68. The summed E-state index contributed by atoms with van der Waals surface area (Å²) in [5.74, 6) is -4.42. The quantitative estimate of drug-likeness (QED) is 0.159. The molecule has 1 aromatic rings. The lowest BCUT2D eigenvalue weighted by atomic mass is 9.99. The first-order chi connectivity index (χ1) is 17.7. The number of carboxylic acids is 2. The topological polar surface area (TPSA) is 208 Å². The largest absolute Gasteiger partial charge is 0.508 e. The Morgan fingerprint density at radius 2 is 1.24 bits per heavy atom. The molecule has 1 rings (SSSR count). The maximum Gasteiger partial charge on any atom is 0.326 e. The molecule has 0 spiro atoms. The predicted molar refractivity (Wildman–Crippen MR) is 139 cm³/mol. The second kappa shape index (κ2) is 15.6. The van der Waals surface area contributed by atoms with Crippen LogP contribution in [-0.4, -0.2) is 69.1 Å². The average molecular weight is 537 g/mol. The highest BCUT2D eigenvalue weighted by Gasteiger charge is 2.31. The van der Waals surface area contributed by atoms with Crippen molar-refractivity contribution in [2.45, 2.75) is 84.0 Å². The number of phenolic OH excluding ortho intramolecular Hbond substituents is 1. The van der Waals surface area contributed by atoms with Gasteiger partial charge in [-0.1, -0.05) is 39.8 Å². The minimum Gasteiger partial charge on any atom is -0.508 e. The van der Waals surface area contributed by atoms with Gasteiger partial charge in [0.25, 0.3) is 0 Å². The molecule has 212 valence electrons. The SMILES string of the molecule is CC(C)CC(NC(=O)C(CC(C)C)NC(=O)C(Cc1ccc(O)cc1)NC(=O)C(N)CCC(=O)O)C(=O)O. The Bertz CT molecular complexity index is 964. The van der Waals surface area contributed by atoms with Crippen molar-refractivity contribution in [3.05, 3.63) is 29.8 Å². The van der Waals surface area contributed by atoms with Crippen LogP contribution in [0.25, 0.3) is 0 Å². The number of phenols is 1. The Hall–Kier alpha value is -3.67. The average Bonchev–Trinajstić information content (AvgIpc) is 2.81. The van der Waals surface area contributed by atoms with Gasteiger partial charge in [0.1, 0.15) is 23.9 Å². The second-order valence-electron chi connectivity index (χ2n) is 10.2. The Balaban J connectivity index is 3.13. The molecule has 1 aromatic carbocycles. The van der Waals surface area contributed by atoms with Gasteiger partial charge in [-0.3, -0.25) is 19.2 Å². The molecular formula is C26H40N4O8. The number of aromatic hydroxyl groups is 1. The minimum atomic E-state index is -1.19. The van der Waals surface area contributed by atoms with Crippen molar-refractivity contribution in [3.8, 4) is 5.75 Å². The number of hydrogen-bond acceptors (Lipinski definition) is 7. The lowest BCUT2D eigenvalue weighted by molar-refractivity contribution is -0.143. The number of amides is 3. The fourth-order valence-corrected chi connectivity index (χ4v) is 3.71. The van der Waals surface area contributed by atoms with E-state index in [1.165, 1.54) is 12.1 Å². The number of hydrogen-bond donors (Lipinski definition) is 7. The summed E-state index contributed by atoms with van der Waals surface area (Å²) in [5.41, 5.74) is 6.40. The van der Waals surface area contributed by atoms with Crippen molar-refractivity contribution in [1.29, 1.82) is 0 Å². The number of aliphatic carboxylic acids is 2. The van der Waals surface area contributed by atoms with Gasteiger partial charge in [0.05, 0.1) is 6.04 Å². The first-order valence-electron chi connectivity index (χ1n) is 12.6. The zero-order valence-electron chi connectivity index (χ0n) is 22.3. The van der Waals surface area contributed by atoms with Gasteiger partial charge in [-0.15, -0.1) is 0 Å². The van der Waals surface area contributed by atoms with Gasteiger partial charge in [-0.25, -0.2) is 4.79 Å². The molecule has 3 amide bonds. The molecule has 0 bridgehead atoms. The monoisotopic (exact) mass is 536 g/mol. The second-order valence-corrected chi connectivity index (χ2v) is 10.2. The molecular weight excluding hydrogens is 496 g/mol. The zero-order valence-corrected chi connectivity index (χ0v) is 22.3. The van der Waals surface area contributed by atoms with E-state index in [1.54, 1.807) is 12.1 Å². The fourth-order valence-electron chi connectivity index (χ4n) is 3.71. The predicted octanol–water partition coefficient (Wildman–Crippen LogP) is 0.758. The summed E-state index contributed by atoms with van der Waals surface area (Å²) in [5, 5.41) is 35.6. The molecule has 38 heavy (non-hydrogen) atoms. The Kier molecular flexibility index (Phi) is 13.2. The molecule has 8 N–H and O–H groups in total. The maximum absolute atomic E-state index is 13.3. The molecule has 0 saturated heterocycles. The van der Waals surface area contributed by atoms with Crippen molar-refractivity contribution in [3.63, 3.8) is 0 Å². The molecule has 12 nitrogen and oxygen atoms in total. The van der Waals surface area contributed by atoms with E-state index >= 15 is 0 Å². The first-order valence-corrected chi connectivity index (χ1v) is 12.6. The van der Waals surface area contributed by atoms with E-state index < -0.39 is 53.8 Å². The number of benzene rings is 1. The number of carbonyl (C=O) groups excluding carboxylic acids is 3. The van der Waals surface area contributed by atoms with E-state index in [0.29, 0.717) is 5.56 Å². The standard InChI is InChI=1S/C26H40N4O8/c1-14(2)11-19(24(35)30-21(26(37)38)12-15(3)4)29-25(36)20(13-16-5-7-17(31)8-6-16)28-23(34)18(27)9-10-22(32)33/h5-8,14-15,18-21,31H,9-13,27H2,1-4H3,(H,28,34)(H,29,36)(H,30,35)(H,32,33)(H,37,38). The van der Waals surface area contributed by atoms with Gasteiger partial charge in [-0.2, -0.15) is 0 Å². The van der Waals surface area contributed by atoms with Crippen LogP contribution in [0.1, 0.15) is 58.9 Å². The number of carbonyl (C=O) groups is 5. The van der Waals surface area contributed by atoms with Crippen LogP contribution in [0.2, 0.25) is 0 Å². The van der Waals surface area contributed by atoms with Gasteiger partial charge in [-0.05, 0) is 48.8 Å². The summed E-state index contributed by atoms with van der Waals surface area (Å²) in [4.78, 5) is 61.5. The van der Waals surface area contributed by atoms with Crippen molar-refractivity contribution in [2.24, 2.45) is 17.6 Å². The summed E-state index contributed by atoms with van der Waals surface area (Å²) >= 11 is 0. The summed E-state index contributed by atoms with van der Waals surface area (Å²) in [6.45, 7) is 7.33. The highest BCUT2D eigenvalue weighted by Crippen LogP contribution is 2.13. The number of nitrogens with one attached hydrogen (secondary N) is 3. The van der Waals surface area contributed by atoms with E-state index in [4.69, 9.17) is 10.8 Å².